The fourth-order valence-corrected chi connectivity index (χ4v) is 3.16. The lowest BCUT2D eigenvalue weighted by atomic mass is 10.1. The second-order valence-electron chi connectivity index (χ2n) is 5.99. The number of benzene rings is 1. The fraction of sp³-hybridized carbons (Fsp3) is 0.444. The Morgan fingerprint density at radius 3 is 2.57 bits per heavy atom. The van der Waals surface area contributed by atoms with E-state index in [0.717, 1.165) is 31.2 Å². The minimum Gasteiger partial charge on any atom is -0.333 e. The number of hydrogen-bond acceptors (Lipinski definition) is 2. The van der Waals surface area contributed by atoms with Gasteiger partial charge in [-0.2, -0.15) is 5.26 Å². The van der Waals surface area contributed by atoms with Crippen LogP contribution in [0.4, 0.5) is 0 Å². The molecule has 2 saturated carbocycles. The van der Waals surface area contributed by atoms with Crippen molar-refractivity contribution in [2.45, 2.75) is 50.6 Å². The quantitative estimate of drug-likeness (QED) is 0.792. The van der Waals surface area contributed by atoms with Gasteiger partial charge in [0.1, 0.15) is 0 Å². The standard InChI is InChI=1S/C18H20N2O/c19-13-15-5-3-4-14(12-15)8-11-18(21)20(17-9-10-17)16-6-1-2-7-16/h3-5,8,11-12,16-17H,1-2,6-7,9-10H2. The Bertz CT molecular complexity index is 589. The number of rotatable bonds is 4. The molecule has 1 amide bonds. The molecule has 2 aliphatic rings. The van der Waals surface area contributed by atoms with Crippen LogP contribution in [0, 0.1) is 11.3 Å². The predicted molar refractivity (Wildman–Crippen MR) is 82.3 cm³/mol. The van der Waals surface area contributed by atoms with Crippen molar-refractivity contribution < 1.29 is 4.79 Å². The lowest BCUT2D eigenvalue weighted by Gasteiger charge is -2.27. The third-order valence-electron chi connectivity index (χ3n) is 4.35. The number of hydrogen-bond donors (Lipinski definition) is 0. The van der Waals surface area contributed by atoms with E-state index in [2.05, 4.69) is 11.0 Å². The summed E-state index contributed by atoms with van der Waals surface area (Å²) in [4.78, 5) is 14.6. The first kappa shape index (κ1) is 13.9. The Balaban J connectivity index is 1.71. The van der Waals surface area contributed by atoms with Gasteiger partial charge in [-0.1, -0.05) is 25.0 Å². The SMILES string of the molecule is N#Cc1cccc(C=CC(=O)N(C2CCCC2)C2CC2)c1. The maximum absolute atomic E-state index is 12.5. The van der Waals surface area contributed by atoms with Gasteiger partial charge in [-0.15, -0.1) is 0 Å². The van der Waals surface area contributed by atoms with Crippen LogP contribution in [0.5, 0.6) is 0 Å². The molecule has 1 aromatic carbocycles. The van der Waals surface area contributed by atoms with Gasteiger partial charge in [0.25, 0.3) is 0 Å². The molecular formula is C18H20N2O. The number of nitriles is 1. The Kier molecular flexibility index (Phi) is 4.06. The van der Waals surface area contributed by atoms with E-state index in [1.165, 1.54) is 12.8 Å². The molecule has 0 aliphatic heterocycles. The highest BCUT2D eigenvalue weighted by Crippen LogP contribution is 2.34. The first-order valence-electron chi connectivity index (χ1n) is 7.78. The smallest absolute Gasteiger partial charge is 0.247 e. The molecule has 108 valence electrons. The summed E-state index contributed by atoms with van der Waals surface area (Å²) in [6, 6.07) is 10.4. The summed E-state index contributed by atoms with van der Waals surface area (Å²) >= 11 is 0. The molecule has 0 spiro atoms. The van der Waals surface area contributed by atoms with Gasteiger partial charge in [0.15, 0.2) is 0 Å². The molecular weight excluding hydrogens is 260 g/mol. The van der Waals surface area contributed by atoms with E-state index in [9.17, 15) is 4.79 Å². The van der Waals surface area contributed by atoms with Gasteiger partial charge < -0.3 is 4.90 Å². The molecule has 0 saturated heterocycles. The summed E-state index contributed by atoms with van der Waals surface area (Å²) < 4.78 is 0. The molecule has 0 heterocycles. The van der Waals surface area contributed by atoms with Crippen LogP contribution in [-0.4, -0.2) is 22.9 Å². The van der Waals surface area contributed by atoms with E-state index in [1.54, 1.807) is 18.2 Å². The molecule has 0 aromatic heterocycles. The average Bonchev–Trinajstić information content (AvgIpc) is 3.20. The van der Waals surface area contributed by atoms with Crippen LogP contribution in [-0.2, 0) is 4.79 Å². The summed E-state index contributed by atoms with van der Waals surface area (Å²) in [6.45, 7) is 0. The average molecular weight is 280 g/mol. The Labute approximate surface area is 125 Å². The first-order chi connectivity index (χ1) is 10.3. The topological polar surface area (TPSA) is 44.1 Å². The third-order valence-corrected chi connectivity index (χ3v) is 4.35. The van der Waals surface area contributed by atoms with Crippen molar-refractivity contribution >= 4 is 12.0 Å². The van der Waals surface area contributed by atoms with Crippen molar-refractivity contribution in [1.29, 1.82) is 5.26 Å². The first-order valence-corrected chi connectivity index (χ1v) is 7.78. The fourth-order valence-electron chi connectivity index (χ4n) is 3.16. The van der Waals surface area contributed by atoms with Gasteiger partial charge in [-0.3, -0.25) is 4.79 Å². The lowest BCUT2D eigenvalue weighted by Crippen LogP contribution is -2.39. The Hall–Kier alpha value is -2.08. The third kappa shape index (κ3) is 3.33. The second kappa shape index (κ2) is 6.13. The maximum Gasteiger partial charge on any atom is 0.247 e. The molecule has 0 bridgehead atoms. The molecule has 3 heteroatoms. The monoisotopic (exact) mass is 280 g/mol. The van der Waals surface area contributed by atoms with E-state index in [0.29, 0.717) is 17.6 Å². The highest BCUT2D eigenvalue weighted by atomic mass is 16.2. The van der Waals surface area contributed by atoms with E-state index in [1.807, 2.05) is 18.2 Å². The van der Waals surface area contributed by atoms with Gasteiger partial charge in [0.05, 0.1) is 11.6 Å². The van der Waals surface area contributed by atoms with Crippen molar-refractivity contribution in [3.05, 3.63) is 41.5 Å². The van der Waals surface area contributed by atoms with E-state index >= 15 is 0 Å². The maximum atomic E-state index is 12.5. The normalized spacial score (nSPS) is 18.8. The van der Waals surface area contributed by atoms with Crippen LogP contribution in [0.25, 0.3) is 6.08 Å². The minimum absolute atomic E-state index is 0.131. The van der Waals surface area contributed by atoms with Gasteiger partial charge in [0, 0.05) is 18.2 Å². The molecule has 0 N–H and O–H groups in total. The number of amides is 1. The van der Waals surface area contributed by atoms with Gasteiger partial charge in [-0.25, -0.2) is 0 Å². The highest BCUT2D eigenvalue weighted by molar-refractivity contribution is 5.92. The van der Waals surface area contributed by atoms with Gasteiger partial charge >= 0.3 is 0 Å². The molecule has 0 radical (unpaired) electrons. The molecule has 0 atom stereocenters. The summed E-state index contributed by atoms with van der Waals surface area (Å²) in [5.74, 6) is 0.131. The van der Waals surface area contributed by atoms with Crippen molar-refractivity contribution in [1.82, 2.24) is 4.90 Å². The van der Waals surface area contributed by atoms with E-state index < -0.39 is 0 Å². The van der Waals surface area contributed by atoms with Crippen molar-refractivity contribution in [3.63, 3.8) is 0 Å². The molecule has 3 rings (SSSR count). The largest absolute Gasteiger partial charge is 0.333 e. The lowest BCUT2D eigenvalue weighted by molar-refractivity contribution is -0.128. The molecule has 3 nitrogen and oxygen atoms in total. The van der Waals surface area contributed by atoms with Gasteiger partial charge in [0.2, 0.25) is 5.91 Å². The summed E-state index contributed by atoms with van der Waals surface area (Å²) in [6.07, 6.45) is 10.6. The summed E-state index contributed by atoms with van der Waals surface area (Å²) in [5.41, 5.74) is 1.53. The van der Waals surface area contributed by atoms with Crippen molar-refractivity contribution in [2.75, 3.05) is 0 Å². The van der Waals surface area contributed by atoms with E-state index in [4.69, 9.17) is 5.26 Å². The van der Waals surface area contributed by atoms with E-state index in [-0.39, 0.29) is 5.91 Å². The van der Waals surface area contributed by atoms with Crippen LogP contribution < -0.4 is 0 Å². The second-order valence-corrected chi connectivity index (χ2v) is 5.99. The zero-order valence-electron chi connectivity index (χ0n) is 12.2. The summed E-state index contributed by atoms with van der Waals surface area (Å²) in [7, 11) is 0. The summed E-state index contributed by atoms with van der Waals surface area (Å²) in [5, 5.41) is 8.90. The zero-order chi connectivity index (χ0) is 14.7. The molecule has 2 aliphatic carbocycles. The van der Waals surface area contributed by atoms with Crippen LogP contribution >= 0.6 is 0 Å². The zero-order valence-corrected chi connectivity index (χ0v) is 12.2. The van der Waals surface area contributed by atoms with Crippen LogP contribution in [0.2, 0.25) is 0 Å². The van der Waals surface area contributed by atoms with Gasteiger partial charge in [-0.05, 0) is 49.5 Å². The van der Waals surface area contributed by atoms with Crippen LogP contribution in [0.1, 0.15) is 49.7 Å². The molecule has 21 heavy (non-hydrogen) atoms. The van der Waals surface area contributed by atoms with Crippen LogP contribution in [0.15, 0.2) is 30.3 Å². The Morgan fingerprint density at radius 2 is 1.90 bits per heavy atom. The Morgan fingerprint density at radius 1 is 1.19 bits per heavy atom. The molecule has 0 unspecified atom stereocenters. The van der Waals surface area contributed by atoms with Crippen LogP contribution in [0.3, 0.4) is 0 Å². The minimum atomic E-state index is 0.131. The number of carbonyl (C=O) groups is 1. The number of carbonyl (C=O) groups excluding carboxylic acids is 1. The molecule has 2 fully saturated rings. The molecule has 1 aromatic rings. The highest BCUT2D eigenvalue weighted by Gasteiger charge is 2.37. The predicted octanol–water partition coefficient (Wildman–Crippen LogP) is 3.51. The number of nitrogens with zero attached hydrogens (tertiary/aromatic N) is 2. The van der Waals surface area contributed by atoms with Crippen molar-refractivity contribution in [3.8, 4) is 6.07 Å². The van der Waals surface area contributed by atoms with Crippen molar-refractivity contribution in [2.24, 2.45) is 0 Å².